The van der Waals surface area contributed by atoms with Crippen molar-refractivity contribution in [3.05, 3.63) is 49.6 Å². The number of ether oxygens (including phenoxy) is 1. The molecule has 0 aliphatic heterocycles. The highest BCUT2D eigenvalue weighted by molar-refractivity contribution is 7.14. The Hall–Kier alpha value is -1.03. The van der Waals surface area contributed by atoms with E-state index in [4.69, 9.17) is 27.9 Å². The van der Waals surface area contributed by atoms with Gasteiger partial charge in [0, 0.05) is 4.88 Å². The lowest BCUT2D eigenvalue weighted by molar-refractivity contribution is 0.0740. The largest absolute Gasteiger partial charge is 0.421 e. The first-order chi connectivity index (χ1) is 10.0. The van der Waals surface area contributed by atoms with E-state index in [-0.39, 0.29) is 11.0 Å². The number of thiophene rings is 1. The fourth-order valence-corrected chi connectivity index (χ4v) is 3.93. The van der Waals surface area contributed by atoms with Gasteiger partial charge in [0.25, 0.3) is 0 Å². The summed E-state index contributed by atoms with van der Waals surface area (Å²) >= 11 is 13.5. The zero-order chi connectivity index (χ0) is 15.0. The first-order valence-corrected chi connectivity index (χ1v) is 8.39. The van der Waals surface area contributed by atoms with Crippen LogP contribution < -0.4 is 4.74 Å². The molecule has 0 amide bonds. The van der Waals surface area contributed by atoms with Gasteiger partial charge in [0.1, 0.15) is 9.90 Å². The van der Waals surface area contributed by atoms with Gasteiger partial charge in [-0.1, -0.05) is 36.2 Å². The maximum absolute atomic E-state index is 12.3. The van der Waals surface area contributed by atoms with Gasteiger partial charge in [-0.15, -0.1) is 11.3 Å². The molecule has 0 N–H and O–H groups in total. The van der Waals surface area contributed by atoms with E-state index < -0.39 is 0 Å². The third-order valence-corrected chi connectivity index (χ3v) is 5.67. The Bertz CT molecular complexity index is 694. The molecule has 0 saturated heterocycles. The molecule has 21 heavy (non-hydrogen) atoms. The molecule has 1 aromatic heterocycles. The molecule has 110 valence electrons. The van der Waals surface area contributed by atoms with Crippen molar-refractivity contribution in [1.82, 2.24) is 0 Å². The summed E-state index contributed by atoms with van der Waals surface area (Å²) in [5.41, 5.74) is 1.28. The van der Waals surface area contributed by atoms with Crippen LogP contribution in [0.15, 0.2) is 24.3 Å². The van der Waals surface area contributed by atoms with Crippen LogP contribution in [0.25, 0.3) is 0 Å². The maximum atomic E-state index is 12.3. The number of carbonyl (C=O) groups is 1. The molecule has 0 radical (unpaired) electrons. The molecule has 1 aliphatic carbocycles. The number of halogens is 2. The Kier molecular flexibility index (Phi) is 4.25. The lowest BCUT2D eigenvalue weighted by Crippen LogP contribution is -2.08. The summed E-state index contributed by atoms with van der Waals surface area (Å²) in [6.07, 6.45) is 3.27. The number of rotatable bonds is 2. The summed E-state index contributed by atoms with van der Waals surface area (Å²) in [6.45, 7) is 2.24. The van der Waals surface area contributed by atoms with E-state index in [2.05, 4.69) is 6.92 Å². The van der Waals surface area contributed by atoms with Gasteiger partial charge in [-0.25, -0.2) is 4.79 Å². The third-order valence-electron chi connectivity index (χ3n) is 3.65. The van der Waals surface area contributed by atoms with Gasteiger partial charge in [-0.2, -0.15) is 0 Å². The van der Waals surface area contributed by atoms with Crippen molar-refractivity contribution < 1.29 is 9.53 Å². The Morgan fingerprint density at radius 3 is 3.00 bits per heavy atom. The molecular formula is C16H14Cl2O2S. The molecular weight excluding hydrogens is 327 g/mol. The summed E-state index contributed by atoms with van der Waals surface area (Å²) in [5.74, 6) is 0.610. The minimum Gasteiger partial charge on any atom is -0.421 e. The normalized spacial score (nSPS) is 17.4. The molecule has 2 nitrogen and oxygen atoms in total. The number of benzene rings is 1. The Morgan fingerprint density at radius 2 is 2.19 bits per heavy atom. The summed E-state index contributed by atoms with van der Waals surface area (Å²) in [7, 11) is 0. The van der Waals surface area contributed by atoms with Gasteiger partial charge in [0.05, 0.1) is 5.02 Å². The molecule has 3 rings (SSSR count). The summed E-state index contributed by atoms with van der Waals surface area (Å²) < 4.78 is 5.37. The van der Waals surface area contributed by atoms with Crippen LogP contribution in [0.3, 0.4) is 0 Å². The quantitative estimate of drug-likeness (QED) is 0.540. The highest BCUT2D eigenvalue weighted by atomic mass is 35.5. The van der Waals surface area contributed by atoms with Crippen LogP contribution in [0.4, 0.5) is 0 Å². The average Bonchev–Trinajstić information content (AvgIpc) is 2.87. The van der Waals surface area contributed by atoms with Crippen LogP contribution in [0.1, 0.15) is 33.5 Å². The molecule has 1 atom stereocenters. The van der Waals surface area contributed by atoms with Crippen molar-refractivity contribution in [2.75, 3.05) is 0 Å². The first kappa shape index (κ1) is 14.9. The van der Waals surface area contributed by atoms with E-state index in [0.717, 1.165) is 12.8 Å². The molecule has 0 fully saturated rings. The van der Waals surface area contributed by atoms with Crippen LogP contribution in [0, 0.1) is 5.92 Å². The van der Waals surface area contributed by atoms with E-state index >= 15 is 0 Å². The lowest BCUT2D eigenvalue weighted by atomic mass is 9.90. The van der Waals surface area contributed by atoms with E-state index in [1.807, 2.05) is 6.07 Å². The number of aryl methyl sites for hydroxylation is 1. The molecule has 0 spiro atoms. The van der Waals surface area contributed by atoms with Crippen LogP contribution in [0.2, 0.25) is 10.0 Å². The lowest BCUT2D eigenvalue weighted by Gasteiger charge is -2.16. The predicted molar refractivity (Wildman–Crippen MR) is 86.9 cm³/mol. The molecule has 1 aromatic carbocycles. The summed E-state index contributed by atoms with van der Waals surface area (Å²) in [4.78, 5) is 14.2. The zero-order valence-electron chi connectivity index (χ0n) is 11.5. The van der Waals surface area contributed by atoms with Crippen molar-refractivity contribution in [1.29, 1.82) is 0 Å². The smallest absolute Gasteiger partial charge is 0.353 e. The van der Waals surface area contributed by atoms with E-state index in [0.29, 0.717) is 21.6 Å². The zero-order valence-corrected chi connectivity index (χ0v) is 13.8. The second kappa shape index (κ2) is 5.99. The SMILES string of the molecule is C[C@H]1CCc2sc(C(=O)Oc3cccc(Cl)c3Cl)cc2C1. The Balaban J connectivity index is 1.81. The van der Waals surface area contributed by atoms with E-state index in [1.54, 1.807) is 18.2 Å². The minimum absolute atomic E-state index is 0.266. The topological polar surface area (TPSA) is 26.3 Å². The standard InChI is InChI=1S/C16H14Cl2O2S/c1-9-5-6-13-10(7-9)8-14(21-13)16(19)20-12-4-2-3-11(17)15(12)18/h2-4,8-9H,5-7H2,1H3/t9-/m0/s1. The average molecular weight is 341 g/mol. The van der Waals surface area contributed by atoms with Gasteiger partial charge in [0.15, 0.2) is 5.75 Å². The van der Waals surface area contributed by atoms with Crippen molar-refractivity contribution >= 4 is 40.5 Å². The minimum atomic E-state index is -0.369. The highest BCUT2D eigenvalue weighted by Gasteiger charge is 2.22. The van der Waals surface area contributed by atoms with E-state index in [9.17, 15) is 4.79 Å². The number of carbonyl (C=O) groups excluding carboxylic acids is 1. The second-order valence-corrected chi connectivity index (χ2v) is 7.27. The van der Waals surface area contributed by atoms with Crippen molar-refractivity contribution in [2.24, 2.45) is 5.92 Å². The van der Waals surface area contributed by atoms with Gasteiger partial charge in [-0.05, 0) is 48.9 Å². The number of fused-ring (bicyclic) bond motifs is 1. The van der Waals surface area contributed by atoms with Crippen LogP contribution in [-0.4, -0.2) is 5.97 Å². The van der Waals surface area contributed by atoms with Crippen LogP contribution in [-0.2, 0) is 12.8 Å². The van der Waals surface area contributed by atoms with Gasteiger partial charge in [-0.3, -0.25) is 0 Å². The third kappa shape index (κ3) is 3.10. The maximum Gasteiger partial charge on any atom is 0.353 e. The second-order valence-electron chi connectivity index (χ2n) is 5.35. The van der Waals surface area contributed by atoms with Gasteiger partial charge >= 0.3 is 5.97 Å². The fraction of sp³-hybridized carbons (Fsp3) is 0.312. The Labute approximate surface area is 137 Å². The summed E-state index contributed by atoms with van der Waals surface area (Å²) in [6, 6.07) is 6.96. The van der Waals surface area contributed by atoms with Crippen molar-refractivity contribution in [3.8, 4) is 5.75 Å². The van der Waals surface area contributed by atoms with Gasteiger partial charge in [0.2, 0.25) is 0 Å². The number of hydrogen-bond acceptors (Lipinski definition) is 3. The monoisotopic (exact) mass is 340 g/mol. The molecule has 0 saturated carbocycles. The molecule has 0 unspecified atom stereocenters. The summed E-state index contributed by atoms with van der Waals surface area (Å²) in [5, 5.41) is 0.642. The molecule has 1 heterocycles. The molecule has 5 heteroatoms. The van der Waals surface area contributed by atoms with E-state index in [1.165, 1.54) is 28.2 Å². The molecule has 0 bridgehead atoms. The molecule has 1 aliphatic rings. The predicted octanol–water partition coefficient (Wildman–Crippen LogP) is 5.40. The van der Waals surface area contributed by atoms with Gasteiger partial charge < -0.3 is 4.74 Å². The number of esters is 1. The first-order valence-electron chi connectivity index (χ1n) is 6.82. The number of hydrogen-bond donors (Lipinski definition) is 0. The fourth-order valence-electron chi connectivity index (χ4n) is 2.52. The highest BCUT2D eigenvalue weighted by Crippen LogP contribution is 2.35. The molecule has 2 aromatic rings. The van der Waals surface area contributed by atoms with Crippen LogP contribution in [0.5, 0.6) is 5.75 Å². The Morgan fingerprint density at radius 1 is 1.38 bits per heavy atom. The van der Waals surface area contributed by atoms with Crippen molar-refractivity contribution in [2.45, 2.75) is 26.2 Å². The van der Waals surface area contributed by atoms with Crippen LogP contribution >= 0.6 is 34.5 Å². The van der Waals surface area contributed by atoms with Crippen molar-refractivity contribution in [3.63, 3.8) is 0 Å².